The molecule has 0 aliphatic heterocycles. The van der Waals surface area contributed by atoms with Gasteiger partial charge in [0.05, 0.1) is 0 Å². The summed E-state index contributed by atoms with van der Waals surface area (Å²) < 4.78 is 1.46. The molecule has 0 saturated carbocycles. The van der Waals surface area contributed by atoms with Gasteiger partial charge < -0.3 is 0 Å². The second-order valence-electron chi connectivity index (χ2n) is 6.26. The van der Waals surface area contributed by atoms with Crippen molar-refractivity contribution in [3.63, 3.8) is 0 Å². The number of benzene rings is 3. The first-order valence-corrected chi connectivity index (χ1v) is 11.2. The Morgan fingerprint density at radius 2 is 1.30 bits per heavy atom. The Hall–Kier alpha value is -1.93. The molecule has 30 heavy (non-hydrogen) atoms. The summed E-state index contributed by atoms with van der Waals surface area (Å²) in [6, 6.07) is 35.9. The molecule has 0 heterocycles. The van der Waals surface area contributed by atoms with Crippen molar-refractivity contribution in [2.24, 2.45) is 0 Å². The van der Waals surface area contributed by atoms with Gasteiger partial charge in [-0.25, -0.2) is 12.2 Å². The van der Waals surface area contributed by atoms with Crippen LogP contribution in [-0.4, -0.2) is 3.26 Å². The van der Waals surface area contributed by atoms with E-state index >= 15 is 0 Å². The van der Waals surface area contributed by atoms with Crippen molar-refractivity contribution >= 4 is 38.8 Å². The first kappa shape index (κ1) is 26.1. The summed E-state index contributed by atoms with van der Waals surface area (Å²) in [5, 5.41) is 2.66. The van der Waals surface area contributed by atoms with Crippen molar-refractivity contribution in [2.75, 3.05) is 0 Å². The van der Waals surface area contributed by atoms with Gasteiger partial charge in [-0.15, -0.1) is 60.9 Å². The van der Waals surface area contributed by atoms with E-state index in [1.165, 1.54) is 25.2 Å². The average molecular weight is 598 g/mol. The molecule has 150 valence electrons. The monoisotopic (exact) mass is 598 g/mol. The summed E-state index contributed by atoms with van der Waals surface area (Å²) in [6.07, 6.45) is 10.0. The topological polar surface area (TPSA) is 0 Å². The number of hydrogen-bond donors (Lipinski definition) is 0. The zero-order chi connectivity index (χ0) is 19.4. The Morgan fingerprint density at radius 3 is 1.77 bits per heavy atom. The summed E-state index contributed by atoms with van der Waals surface area (Å²) in [5.41, 5.74) is 2.70. The molecule has 1 aliphatic carbocycles. The zero-order valence-corrected chi connectivity index (χ0v) is 21.8. The predicted octanol–water partition coefficient (Wildman–Crippen LogP) is 7.51. The van der Waals surface area contributed by atoms with Crippen LogP contribution in [0.25, 0.3) is 10.8 Å². The van der Waals surface area contributed by atoms with Crippen molar-refractivity contribution in [3.05, 3.63) is 139 Å². The van der Waals surface area contributed by atoms with Crippen LogP contribution in [0.4, 0.5) is 0 Å². The fourth-order valence-electron chi connectivity index (χ4n) is 2.79. The van der Waals surface area contributed by atoms with Crippen LogP contribution in [0.5, 0.6) is 0 Å². The van der Waals surface area contributed by atoms with Crippen molar-refractivity contribution in [3.8, 4) is 0 Å². The quantitative estimate of drug-likeness (QED) is 0.166. The summed E-state index contributed by atoms with van der Waals surface area (Å²) in [6.45, 7) is 0. The largest absolute Gasteiger partial charge is 0.168 e. The third-order valence-electron chi connectivity index (χ3n) is 4.26. The molecule has 0 saturated heterocycles. The second kappa shape index (κ2) is 15.0. The average Bonchev–Trinajstić information content (AvgIpc) is 3.50. The summed E-state index contributed by atoms with van der Waals surface area (Å²) >= 11 is 1.08. The maximum absolute atomic E-state index is 2.99. The summed E-state index contributed by atoms with van der Waals surface area (Å²) in [5.74, 6) is 0. The van der Waals surface area contributed by atoms with Gasteiger partial charge in [-0.05, 0) is 0 Å². The Labute approximate surface area is 206 Å². The first-order chi connectivity index (χ1) is 13.8. The van der Waals surface area contributed by atoms with Crippen LogP contribution in [0.15, 0.2) is 121 Å². The van der Waals surface area contributed by atoms with E-state index in [1.807, 2.05) is 12.2 Å². The van der Waals surface area contributed by atoms with Gasteiger partial charge in [0.2, 0.25) is 0 Å². The van der Waals surface area contributed by atoms with Gasteiger partial charge in [0, 0.05) is 0 Å². The molecule has 1 aliphatic rings. The number of halogens is 2. The van der Waals surface area contributed by atoms with Crippen LogP contribution >= 0.6 is 24.8 Å². The standard InChI is InChI=1S/C13H10.C9H7.C5H5.2ClH.Hf/c1-3-7-12(8-4-1)11-13-9-5-2-6-10-13;1-2-5-9-7-3-6-8(9)4-1;1-2-4-5-3-1;;;/h1-10H;1-7H;1-3H,4H2;2*1H;/q;2*-1;;;+2. The molecule has 4 aromatic rings. The van der Waals surface area contributed by atoms with Gasteiger partial charge in [0.15, 0.2) is 0 Å². The third-order valence-corrected chi connectivity index (χ3v) is 6.33. The zero-order valence-electron chi connectivity index (χ0n) is 16.6. The van der Waals surface area contributed by atoms with E-state index in [1.54, 1.807) is 0 Å². The minimum atomic E-state index is 0. The second-order valence-corrected chi connectivity index (χ2v) is 8.06. The molecular formula is C27H24Cl2Hf. The molecule has 3 heteroatoms. The van der Waals surface area contributed by atoms with Gasteiger partial charge in [0.25, 0.3) is 0 Å². The molecule has 0 nitrogen and oxygen atoms in total. The normalized spacial score (nSPS) is 10.6. The molecule has 0 atom stereocenters. The Bertz CT molecular complexity index is 966. The van der Waals surface area contributed by atoms with Gasteiger partial charge in [-0.2, -0.15) is 23.6 Å². The van der Waals surface area contributed by atoms with Crippen LogP contribution in [0.3, 0.4) is 0 Å². The minimum Gasteiger partial charge on any atom is -0.168 e. The molecule has 0 unspecified atom stereocenters. The Balaban J connectivity index is 0.000000242. The number of fused-ring (bicyclic) bond motifs is 1. The van der Waals surface area contributed by atoms with E-state index in [0.717, 1.165) is 30.3 Å². The van der Waals surface area contributed by atoms with Crippen LogP contribution in [-0.2, 0) is 23.9 Å². The van der Waals surface area contributed by atoms with Crippen molar-refractivity contribution < 1.29 is 23.9 Å². The summed E-state index contributed by atoms with van der Waals surface area (Å²) in [4.78, 5) is 0. The fourth-order valence-corrected chi connectivity index (χ4v) is 3.98. The molecule has 0 spiro atoms. The fraction of sp³-hybridized carbons (Fsp3) is 0.0370. The maximum atomic E-state index is 2.99. The smallest absolute Gasteiger partial charge is 0.0809 e. The predicted molar refractivity (Wildman–Crippen MR) is 132 cm³/mol. The molecule has 0 aromatic heterocycles. The van der Waals surface area contributed by atoms with E-state index in [-0.39, 0.29) is 24.8 Å². The van der Waals surface area contributed by atoms with E-state index in [4.69, 9.17) is 0 Å². The third kappa shape index (κ3) is 8.44. The van der Waals surface area contributed by atoms with Crippen LogP contribution in [0, 0.1) is 6.08 Å². The van der Waals surface area contributed by atoms with Gasteiger partial charge >= 0.3 is 98.9 Å². The van der Waals surface area contributed by atoms with Crippen molar-refractivity contribution in [1.82, 2.24) is 0 Å². The SMILES string of the molecule is Cl.Cl.[C-]1=CC=CC1.[Hf+2]=[C](c1ccccc1)c1ccccc1.c1ccc2[cH-]ccc2c1. The van der Waals surface area contributed by atoms with E-state index in [2.05, 4.69) is 115 Å². The molecule has 5 rings (SSSR count). The van der Waals surface area contributed by atoms with Crippen LogP contribution in [0.2, 0.25) is 0 Å². The van der Waals surface area contributed by atoms with Gasteiger partial charge in [0.1, 0.15) is 0 Å². The van der Waals surface area contributed by atoms with E-state index in [0.29, 0.717) is 0 Å². The molecular weight excluding hydrogens is 574 g/mol. The maximum Gasteiger partial charge on any atom is -0.0809 e. The van der Waals surface area contributed by atoms with Crippen molar-refractivity contribution in [1.29, 1.82) is 0 Å². The van der Waals surface area contributed by atoms with Crippen LogP contribution < -0.4 is 0 Å². The molecule has 0 N–H and O–H groups in total. The number of rotatable bonds is 2. The van der Waals surface area contributed by atoms with Crippen molar-refractivity contribution in [2.45, 2.75) is 6.42 Å². The van der Waals surface area contributed by atoms with Crippen LogP contribution in [0.1, 0.15) is 17.5 Å². The van der Waals surface area contributed by atoms with E-state index < -0.39 is 0 Å². The summed E-state index contributed by atoms with van der Waals surface area (Å²) in [7, 11) is 0. The molecule has 0 amide bonds. The molecule has 0 bridgehead atoms. The molecule has 4 aromatic carbocycles. The Kier molecular flexibility index (Phi) is 13.0. The van der Waals surface area contributed by atoms with Gasteiger partial charge in [-0.3, -0.25) is 6.08 Å². The Morgan fingerprint density at radius 1 is 0.733 bits per heavy atom. The molecule has 0 fully saturated rings. The minimum absolute atomic E-state index is 0. The number of allylic oxidation sites excluding steroid dienone is 4. The first-order valence-electron chi connectivity index (χ1n) is 9.36. The van der Waals surface area contributed by atoms with Gasteiger partial charge in [-0.1, -0.05) is 6.07 Å². The molecule has 0 radical (unpaired) electrons. The van der Waals surface area contributed by atoms with E-state index in [9.17, 15) is 0 Å². The number of hydrogen-bond acceptors (Lipinski definition) is 0.